The van der Waals surface area contributed by atoms with Crippen molar-refractivity contribution in [2.45, 2.75) is 77.6 Å². The fourth-order valence-corrected chi connectivity index (χ4v) is 7.77. The van der Waals surface area contributed by atoms with E-state index in [2.05, 4.69) is 70.2 Å². The van der Waals surface area contributed by atoms with Crippen molar-refractivity contribution < 1.29 is 14.3 Å². The van der Waals surface area contributed by atoms with Gasteiger partial charge in [-0.2, -0.15) is 0 Å². The third kappa shape index (κ3) is 5.62. The predicted octanol–water partition coefficient (Wildman–Crippen LogP) is 10.3. The summed E-state index contributed by atoms with van der Waals surface area (Å²) < 4.78 is 11.9. The summed E-state index contributed by atoms with van der Waals surface area (Å²) >= 11 is 0. The van der Waals surface area contributed by atoms with E-state index < -0.39 is 0 Å². The second-order valence-corrected chi connectivity index (χ2v) is 13.2. The van der Waals surface area contributed by atoms with Gasteiger partial charge in [-0.15, -0.1) is 0 Å². The molecular weight excluding hydrogens is 516 g/mol. The lowest BCUT2D eigenvalue weighted by Crippen LogP contribution is -2.50. The van der Waals surface area contributed by atoms with Gasteiger partial charge in [0.05, 0.1) is 6.42 Å². The largest absolute Gasteiger partial charge is 0.457 e. The van der Waals surface area contributed by atoms with E-state index in [1.807, 2.05) is 54.6 Å². The molecule has 0 bridgehead atoms. The van der Waals surface area contributed by atoms with Crippen molar-refractivity contribution in [3.05, 3.63) is 114 Å². The van der Waals surface area contributed by atoms with Crippen LogP contribution in [0.3, 0.4) is 0 Å². The number of esters is 1. The van der Waals surface area contributed by atoms with Crippen LogP contribution in [-0.4, -0.2) is 5.97 Å². The van der Waals surface area contributed by atoms with Gasteiger partial charge in [0.2, 0.25) is 0 Å². The van der Waals surface area contributed by atoms with Gasteiger partial charge in [-0.1, -0.05) is 94.8 Å². The van der Waals surface area contributed by atoms with Gasteiger partial charge in [-0.25, -0.2) is 0 Å². The Balaban J connectivity index is 1.09. The van der Waals surface area contributed by atoms with E-state index >= 15 is 0 Å². The summed E-state index contributed by atoms with van der Waals surface area (Å²) in [5, 5.41) is 0. The van der Waals surface area contributed by atoms with Crippen LogP contribution in [0.5, 0.6) is 17.2 Å². The van der Waals surface area contributed by atoms with Crippen LogP contribution in [0.1, 0.15) is 82.4 Å². The minimum absolute atomic E-state index is 0.0759. The molecule has 4 aromatic carbocycles. The molecule has 3 atom stereocenters. The minimum atomic E-state index is -0.145. The van der Waals surface area contributed by atoms with Crippen molar-refractivity contribution in [2.75, 3.05) is 0 Å². The lowest BCUT2D eigenvalue weighted by Gasteiger charge is -2.55. The first-order valence-electron chi connectivity index (χ1n) is 15.5. The average molecular weight is 559 g/mol. The summed E-state index contributed by atoms with van der Waals surface area (Å²) in [6.45, 7) is 9.30. The minimum Gasteiger partial charge on any atom is -0.457 e. The van der Waals surface area contributed by atoms with Gasteiger partial charge in [0, 0.05) is 0 Å². The summed E-state index contributed by atoms with van der Waals surface area (Å²) in [4.78, 5) is 13.3. The van der Waals surface area contributed by atoms with Gasteiger partial charge in [0.15, 0.2) is 0 Å². The second-order valence-electron chi connectivity index (χ2n) is 13.2. The van der Waals surface area contributed by atoms with E-state index in [9.17, 15) is 4.79 Å². The normalized spacial score (nSPS) is 23.1. The molecule has 0 saturated heterocycles. The van der Waals surface area contributed by atoms with Crippen LogP contribution < -0.4 is 9.47 Å². The number of benzene rings is 4. The molecule has 0 aromatic heterocycles. The van der Waals surface area contributed by atoms with Gasteiger partial charge >= 0.3 is 5.97 Å². The molecule has 0 aliphatic heterocycles. The van der Waals surface area contributed by atoms with Crippen LogP contribution in [0.15, 0.2) is 97.1 Å². The third-order valence-electron chi connectivity index (χ3n) is 9.97. The molecule has 216 valence electrons. The van der Waals surface area contributed by atoms with E-state index in [0.29, 0.717) is 29.8 Å². The second kappa shape index (κ2) is 11.4. The Labute approximate surface area is 250 Å². The number of rotatable bonds is 7. The molecule has 0 radical (unpaired) electrons. The number of carbonyl (C=O) groups is 1. The quantitative estimate of drug-likeness (QED) is 0.167. The highest BCUT2D eigenvalue weighted by Crippen LogP contribution is 2.58. The van der Waals surface area contributed by atoms with E-state index in [1.54, 1.807) is 0 Å². The van der Waals surface area contributed by atoms with Crippen molar-refractivity contribution in [1.29, 1.82) is 0 Å². The fourth-order valence-electron chi connectivity index (χ4n) is 7.77. The Bertz CT molecular complexity index is 1540. The summed E-state index contributed by atoms with van der Waals surface area (Å²) in [7, 11) is 0. The maximum atomic E-state index is 13.3. The molecule has 2 aliphatic carbocycles. The van der Waals surface area contributed by atoms with Gasteiger partial charge in [-0.3, -0.25) is 4.79 Å². The molecule has 3 nitrogen and oxygen atoms in total. The number of aryl methyl sites for hydroxylation is 1. The van der Waals surface area contributed by atoms with Gasteiger partial charge < -0.3 is 9.47 Å². The monoisotopic (exact) mass is 558 g/mol. The van der Waals surface area contributed by atoms with Crippen LogP contribution in [0.4, 0.5) is 0 Å². The molecule has 4 aromatic rings. The van der Waals surface area contributed by atoms with Crippen LogP contribution in [0.25, 0.3) is 11.1 Å². The first-order valence-corrected chi connectivity index (χ1v) is 15.5. The number of carbonyl (C=O) groups excluding carboxylic acids is 1. The average Bonchev–Trinajstić information content (AvgIpc) is 2.98. The van der Waals surface area contributed by atoms with Crippen LogP contribution >= 0.6 is 0 Å². The van der Waals surface area contributed by atoms with Crippen molar-refractivity contribution >= 4 is 5.97 Å². The number of hydrogen-bond donors (Lipinski definition) is 0. The molecule has 1 fully saturated rings. The first-order chi connectivity index (χ1) is 20.2. The zero-order valence-corrected chi connectivity index (χ0v) is 25.4. The van der Waals surface area contributed by atoms with E-state index in [1.165, 1.54) is 28.7 Å². The van der Waals surface area contributed by atoms with Gasteiger partial charge in [0.25, 0.3) is 0 Å². The topological polar surface area (TPSA) is 35.5 Å². The lowest BCUT2D eigenvalue weighted by molar-refractivity contribution is -0.139. The van der Waals surface area contributed by atoms with Crippen molar-refractivity contribution in [2.24, 2.45) is 11.3 Å². The van der Waals surface area contributed by atoms with Gasteiger partial charge in [-0.05, 0) is 113 Å². The Morgan fingerprint density at radius 1 is 0.810 bits per heavy atom. The highest BCUT2D eigenvalue weighted by molar-refractivity contribution is 5.73. The molecule has 1 saturated carbocycles. The molecule has 0 unspecified atom stereocenters. The van der Waals surface area contributed by atoms with Crippen molar-refractivity contribution in [1.82, 2.24) is 0 Å². The zero-order chi connectivity index (χ0) is 29.3. The maximum absolute atomic E-state index is 13.3. The smallest absolute Gasteiger partial charge is 0.311 e. The molecule has 42 heavy (non-hydrogen) atoms. The number of ether oxygens (including phenoxy) is 2. The zero-order valence-electron chi connectivity index (χ0n) is 25.4. The number of fused-ring (bicyclic) bond motifs is 3. The molecule has 2 aliphatic rings. The Morgan fingerprint density at radius 2 is 1.45 bits per heavy atom. The number of hydrogen-bond acceptors (Lipinski definition) is 3. The molecule has 0 N–H and O–H groups in total. The molecule has 0 amide bonds. The standard InChI is InChI=1S/C39H42O3/c1-27(2)30-13-21-35-31(25-30)14-22-36-38(3,23-8-24-39(35,36)4)26-37(40)42-34-19-17-33(18-20-34)41-32-15-11-29(12-16-32)28-9-6-5-7-10-28/h5-7,9-13,15-21,25,27,36H,8,14,22-24,26H2,1-4H3/t36-,38-,39+/m0/s1. The summed E-state index contributed by atoms with van der Waals surface area (Å²) in [5.74, 6) is 2.89. The third-order valence-corrected chi connectivity index (χ3v) is 9.97. The van der Waals surface area contributed by atoms with Crippen LogP contribution in [-0.2, 0) is 16.6 Å². The summed E-state index contributed by atoms with van der Waals surface area (Å²) in [6, 6.07) is 32.9. The lowest BCUT2D eigenvalue weighted by atomic mass is 9.49. The van der Waals surface area contributed by atoms with Crippen molar-refractivity contribution in [3.8, 4) is 28.4 Å². The van der Waals surface area contributed by atoms with E-state index in [0.717, 1.165) is 37.0 Å². The van der Waals surface area contributed by atoms with E-state index in [-0.39, 0.29) is 16.8 Å². The SMILES string of the molecule is CC(C)c1ccc2c(c1)CC[C@H]1[C@](C)(CC(=O)Oc3ccc(Oc4ccc(-c5ccccc5)cc4)cc3)CCC[C@]21C. The molecule has 0 spiro atoms. The fraction of sp³-hybridized carbons (Fsp3) is 0.359. The predicted molar refractivity (Wildman–Crippen MR) is 170 cm³/mol. The summed E-state index contributed by atoms with van der Waals surface area (Å²) in [6.07, 6.45) is 6.06. The Hall–Kier alpha value is -3.85. The first kappa shape index (κ1) is 28.3. The summed E-state index contributed by atoms with van der Waals surface area (Å²) in [5.41, 5.74) is 6.80. The molecule has 0 heterocycles. The van der Waals surface area contributed by atoms with Crippen molar-refractivity contribution in [3.63, 3.8) is 0 Å². The molecular formula is C39H42O3. The van der Waals surface area contributed by atoms with Crippen LogP contribution in [0, 0.1) is 11.3 Å². The van der Waals surface area contributed by atoms with E-state index in [4.69, 9.17) is 9.47 Å². The molecule has 6 rings (SSSR count). The maximum Gasteiger partial charge on any atom is 0.311 e. The highest BCUT2D eigenvalue weighted by Gasteiger charge is 2.52. The van der Waals surface area contributed by atoms with Crippen LogP contribution in [0.2, 0.25) is 0 Å². The highest BCUT2D eigenvalue weighted by atomic mass is 16.5. The Kier molecular flexibility index (Phi) is 7.70. The Morgan fingerprint density at radius 3 is 2.14 bits per heavy atom. The van der Waals surface area contributed by atoms with Gasteiger partial charge in [0.1, 0.15) is 17.2 Å². The molecule has 3 heteroatoms.